The van der Waals surface area contributed by atoms with Gasteiger partial charge in [-0.05, 0) is 76.7 Å². The van der Waals surface area contributed by atoms with Crippen LogP contribution in [-0.4, -0.2) is 21.6 Å². The van der Waals surface area contributed by atoms with Gasteiger partial charge in [0, 0.05) is 35.0 Å². The lowest BCUT2D eigenvalue weighted by Gasteiger charge is -2.28. The van der Waals surface area contributed by atoms with E-state index in [1.165, 1.54) is 16.7 Å². The maximum Gasteiger partial charge on any atom is 0.169 e. The molecule has 230 valence electrons. The van der Waals surface area contributed by atoms with Crippen LogP contribution in [0.5, 0.6) is 0 Å². The number of hydrogen-bond donors (Lipinski definition) is 1. The second kappa shape index (κ2) is 13.3. The highest BCUT2D eigenvalue weighted by atomic mass is 15.2. The van der Waals surface area contributed by atoms with Crippen molar-refractivity contribution in [2.75, 3.05) is 0 Å². The van der Waals surface area contributed by atoms with E-state index >= 15 is 0 Å². The van der Waals surface area contributed by atoms with E-state index in [1.807, 2.05) is 48.8 Å². The Balaban J connectivity index is 1.23. The van der Waals surface area contributed by atoms with Gasteiger partial charge in [0.05, 0.1) is 11.4 Å². The Labute approximate surface area is 280 Å². The van der Waals surface area contributed by atoms with Crippen molar-refractivity contribution in [3.8, 4) is 22.5 Å². The van der Waals surface area contributed by atoms with Gasteiger partial charge in [-0.2, -0.15) is 0 Å². The summed E-state index contributed by atoms with van der Waals surface area (Å²) in [7, 11) is 0. The van der Waals surface area contributed by atoms with Crippen molar-refractivity contribution < 1.29 is 0 Å². The van der Waals surface area contributed by atoms with Crippen molar-refractivity contribution in [1.82, 2.24) is 15.3 Å². The molecule has 0 radical (unpaired) electrons. The van der Waals surface area contributed by atoms with Gasteiger partial charge < -0.3 is 5.32 Å². The summed E-state index contributed by atoms with van der Waals surface area (Å²) in [5.41, 5.74) is 10.7. The largest absolute Gasteiger partial charge is 0.325 e. The van der Waals surface area contributed by atoms with Crippen LogP contribution in [0.4, 0.5) is 0 Å². The molecule has 3 heterocycles. The van der Waals surface area contributed by atoms with Gasteiger partial charge in [-0.25, -0.2) is 9.98 Å². The molecule has 2 aromatic heterocycles. The Morgan fingerprint density at radius 3 is 1.79 bits per heavy atom. The normalized spacial score (nSPS) is 17.3. The van der Waals surface area contributed by atoms with E-state index in [1.54, 1.807) is 0 Å². The Bertz CT molecular complexity index is 2170. The Kier molecular flexibility index (Phi) is 8.07. The number of aromatic nitrogens is 2. The van der Waals surface area contributed by atoms with Crippen LogP contribution in [0.25, 0.3) is 28.1 Å². The van der Waals surface area contributed by atoms with Crippen molar-refractivity contribution >= 4 is 17.2 Å². The minimum atomic E-state index is -0.444. The molecule has 0 saturated heterocycles. The zero-order valence-corrected chi connectivity index (χ0v) is 26.3. The molecule has 0 saturated carbocycles. The van der Waals surface area contributed by atoms with Crippen LogP contribution in [0.2, 0.25) is 0 Å². The first-order valence-electron chi connectivity index (χ1n) is 16.3. The van der Waals surface area contributed by atoms with E-state index in [9.17, 15) is 0 Å². The van der Waals surface area contributed by atoms with Crippen LogP contribution in [0.3, 0.4) is 0 Å². The summed E-state index contributed by atoms with van der Waals surface area (Å²) in [4.78, 5) is 19.7. The van der Waals surface area contributed by atoms with Crippen LogP contribution in [0.15, 0.2) is 186 Å². The SMILES string of the molecule is C1=C(C2=NC(c3cccc(-c4ccccn4)c3)N=C(c3cccc(-c4ccccn4)c3)N2)CC(c2ccccc2)C=C1c1ccccc1. The minimum absolute atomic E-state index is 0.201. The molecular formula is C43H33N5. The molecule has 5 nitrogen and oxygen atoms in total. The fraction of sp³-hybridized carbons (Fsp3) is 0.0698. The topological polar surface area (TPSA) is 62.5 Å². The van der Waals surface area contributed by atoms with Crippen LogP contribution in [0, 0.1) is 0 Å². The van der Waals surface area contributed by atoms with E-state index in [4.69, 9.17) is 9.98 Å². The molecular weight excluding hydrogens is 587 g/mol. The van der Waals surface area contributed by atoms with Crippen LogP contribution in [0.1, 0.15) is 40.8 Å². The lowest BCUT2D eigenvalue weighted by Crippen LogP contribution is -2.37. The van der Waals surface area contributed by atoms with Crippen LogP contribution >= 0.6 is 0 Å². The molecule has 0 bridgehead atoms. The van der Waals surface area contributed by atoms with E-state index in [0.29, 0.717) is 0 Å². The summed E-state index contributed by atoms with van der Waals surface area (Å²) in [6, 6.07) is 50.1. The maximum absolute atomic E-state index is 5.31. The number of benzene rings is 4. The number of aliphatic imine (C=N–C) groups is 2. The molecule has 1 aliphatic heterocycles. The predicted molar refractivity (Wildman–Crippen MR) is 195 cm³/mol. The fourth-order valence-electron chi connectivity index (χ4n) is 6.36. The number of pyridine rings is 2. The third kappa shape index (κ3) is 6.26. The minimum Gasteiger partial charge on any atom is -0.325 e. The van der Waals surface area contributed by atoms with Gasteiger partial charge in [-0.1, -0.05) is 115 Å². The molecule has 2 aliphatic rings. The highest BCUT2D eigenvalue weighted by Gasteiger charge is 2.26. The number of nitrogens with one attached hydrogen (secondary N) is 1. The Hall–Kier alpha value is -6.20. The molecule has 2 atom stereocenters. The summed E-state index contributed by atoms with van der Waals surface area (Å²) in [5.74, 6) is 1.81. The van der Waals surface area contributed by atoms with Gasteiger partial charge >= 0.3 is 0 Å². The first-order valence-corrected chi connectivity index (χ1v) is 16.3. The summed E-state index contributed by atoms with van der Waals surface area (Å²) in [6.07, 6.45) is 8.69. The summed E-state index contributed by atoms with van der Waals surface area (Å²) in [6.45, 7) is 0. The Morgan fingerprint density at radius 1 is 0.500 bits per heavy atom. The predicted octanol–water partition coefficient (Wildman–Crippen LogP) is 9.46. The zero-order valence-electron chi connectivity index (χ0n) is 26.3. The molecule has 1 aliphatic carbocycles. The number of rotatable bonds is 7. The number of amidine groups is 2. The molecule has 1 N–H and O–H groups in total. The van der Waals surface area contributed by atoms with E-state index < -0.39 is 6.17 Å². The monoisotopic (exact) mass is 619 g/mol. The average molecular weight is 620 g/mol. The molecule has 0 spiro atoms. The summed E-state index contributed by atoms with van der Waals surface area (Å²) in [5, 5.41) is 3.68. The average Bonchev–Trinajstić information content (AvgIpc) is 3.19. The molecule has 0 amide bonds. The van der Waals surface area contributed by atoms with Crippen molar-refractivity contribution in [2.45, 2.75) is 18.5 Å². The third-order valence-corrected chi connectivity index (χ3v) is 8.77. The quantitative estimate of drug-likeness (QED) is 0.194. The van der Waals surface area contributed by atoms with Crippen molar-refractivity contribution in [3.05, 3.63) is 198 Å². The van der Waals surface area contributed by atoms with Gasteiger partial charge in [0.15, 0.2) is 6.17 Å². The van der Waals surface area contributed by atoms with Crippen molar-refractivity contribution in [1.29, 1.82) is 0 Å². The van der Waals surface area contributed by atoms with Gasteiger partial charge in [0.2, 0.25) is 0 Å². The second-order valence-corrected chi connectivity index (χ2v) is 12.0. The molecule has 4 aromatic carbocycles. The number of allylic oxidation sites excluding steroid dienone is 3. The standard InChI is InChI=1S/C43H33N5/c1-3-13-30(14-4-1)36-27-37(31-15-5-2-6-16-31)29-38(28-36)43-47-41(34-19-11-17-32(25-34)39-21-7-9-23-44-39)46-42(48-43)35-20-12-18-33(26-35)40-22-8-10-24-45-40/h1-28,37,41H,29H2,(H,46,47,48). The lowest BCUT2D eigenvalue weighted by atomic mass is 9.83. The van der Waals surface area contributed by atoms with Gasteiger partial charge in [0.25, 0.3) is 0 Å². The van der Waals surface area contributed by atoms with E-state index in [0.717, 1.165) is 57.3 Å². The van der Waals surface area contributed by atoms with Crippen molar-refractivity contribution in [3.63, 3.8) is 0 Å². The Morgan fingerprint density at radius 2 is 1.08 bits per heavy atom. The number of hydrogen-bond acceptors (Lipinski definition) is 5. The van der Waals surface area contributed by atoms with Gasteiger partial charge in [-0.15, -0.1) is 0 Å². The molecule has 5 heteroatoms. The summed E-state index contributed by atoms with van der Waals surface area (Å²) >= 11 is 0. The van der Waals surface area contributed by atoms with Crippen LogP contribution < -0.4 is 5.32 Å². The van der Waals surface area contributed by atoms with Gasteiger partial charge in [-0.3, -0.25) is 9.97 Å². The molecule has 2 unspecified atom stereocenters. The zero-order chi connectivity index (χ0) is 32.1. The smallest absolute Gasteiger partial charge is 0.169 e. The van der Waals surface area contributed by atoms with Gasteiger partial charge in [0.1, 0.15) is 11.7 Å². The highest BCUT2D eigenvalue weighted by Crippen LogP contribution is 2.37. The van der Waals surface area contributed by atoms with Crippen molar-refractivity contribution in [2.24, 2.45) is 9.98 Å². The van der Waals surface area contributed by atoms with E-state index in [2.05, 4.69) is 137 Å². The third-order valence-electron chi connectivity index (χ3n) is 8.77. The lowest BCUT2D eigenvalue weighted by molar-refractivity contribution is 0.748. The fourth-order valence-corrected chi connectivity index (χ4v) is 6.36. The van der Waals surface area contributed by atoms with E-state index in [-0.39, 0.29) is 5.92 Å². The highest BCUT2D eigenvalue weighted by molar-refractivity contribution is 6.16. The first kappa shape index (κ1) is 29.2. The summed E-state index contributed by atoms with van der Waals surface area (Å²) < 4.78 is 0. The molecule has 0 fully saturated rings. The maximum atomic E-state index is 5.31. The number of nitrogens with zero attached hydrogens (tertiary/aromatic N) is 4. The molecule has 8 rings (SSSR count). The molecule has 48 heavy (non-hydrogen) atoms. The second-order valence-electron chi connectivity index (χ2n) is 12.0. The molecule has 6 aromatic rings. The van der Waals surface area contributed by atoms with Crippen LogP contribution in [-0.2, 0) is 0 Å². The first-order chi connectivity index (χ1) is 23.8.